The minimum Gasteiger partial charge on any atom is -0.349 e. The van der Waals surface area contributed by atoms with Crippen molar-refractivity contribution in [3.63, 3.8) is 0 Å². The smallest absolute Gasteiger partial charge is 0.107 e. The third-order valence-corrected chi connectivity index (χ3v) is 4.39. The van der Waals surface area contributed by atoms with E-state index in [0.717, 1.165) is 25.2 Å². The zero-order chi connectivity index (χ0) is 12.1. The van der Waals surface area contributed by atoms with E-state index in [9.17, 15) is 0 Å². The van der Waals surface area contributed by atoms with E-state index in [1.165, 1.54) is 8.45 Å². The summed E-state index contributed by atoms with van der Waals surface area (Å²) >= 11 is 4.16. The quantitative estimate of drug-likeness (QED) is 0.775. The highest BCUT2D eigenvalue weighted by Crippen LogP contribution is 2.24. The predicted molar refractivity (Wildman–Crippen MR) is 80.4 cm³/mol. The van der Waals surface area contributed by atoms with Crippen LogP contribution in [0.4, 0.5) is 0 Å². The Labute approximate surface area is 119 Å². The van der Waals surface area contributed by atoms with Crippen LogP contribution in [0.2, 0.25) is 0 Å². The maximum Gasteiger partial charge on any atom is 0.107 e. The van der Waals surface area contributed by atoms with E-state index >= 15 is 0 Å². The molecule has 2 heterocycles. The minimum absolute atomic E-state index is 0.362. The van der Waals surface area contributed by atoms with Gasteiger partial charge in [-0.1, -0.05) is 6.92 Å². The molecule has 1 atom stereocenters. The van der Waals surface area contributed by atoms with Gasteiger partial charge in [-0.2, -0.15) is 0 Å². The summed E-state index contributed by atoms with van der Waals surface area (Å²) in [4.78, 5) is 7.47. The summed E-state index contributed by atoms with van der Waals surface area (Å²) in [5.41, 5.74) is 1.37. The number of nitrogens with one attached hydrogen (secondary N) is 2. The molecule has 2 N–H and O–H groups in total. The molecule has 0 aliphatic carbocycles. The molecule has 2 aromatic heterocycles. The van der Waals surface area contributed by atoms with Crippen molar-refractivity contribution in [3.8, 4) is 0 Å². The number of hydrogen-bond acceptors (Lipinski definition) is 3. The van der Waals surface area contributed by atoms with Crippen LogP contribution >= 0.6 is 33.9 Å². The van der Waals surface area contributed by atoms with Crippen molar-refractivity contribution in [2.45, 2.75) is 25.8 Å². The highest BCUT2D eigenvalue weighted by atomic mass is 127. The van der Waals surface area contributed by atoms with E-state index in [1.807, 2.05) is 12.4 Å². The Morgan fingerprint density at radius 1 is 1.59 bits per heavy atom. The van der Waals surface area contributed by atoms with Gasteiger partial charge < -0.3 is 10.3 Å². The van der Waals surface area contributed by atoms with Crippen LogP contribution in [0, 0.1) is 2.88 Å². The zero-order valence-corrected chi connectivity index (χ0v) is 12.7. The molecule has 5 heteroatoms. The van der Waals surface area contributed by atoms with Crippen LogP contribution in [0.3, 0.4) is 0 Å². The number of hydrogen-bond donors (Lipinski definition) is 2. The third-order valence-electron chi connectivity index (χ3n) is 2.58. The van der Waals surface area contributed by atoms with Crippen LogP contribution in [0.5, 0.6) is 0 Å². The van der Waals surface area contributed by atoms with Crippen molar-refractivity contribution in [3.05, 3.63) is 38.1 Å². The molecule has 0 aliphatic heterocycles. The van der Waals surface area contributed by atoms with Gasteiger partial charge in [-0.15, -0.1) is 11.3 Å². The summed E-state index contributed by atoms with van der Waals surface area (Å²) in [5.74, 6) is 1.04. The maximum absolute atomic E-state index is 4.30. The molecule has 92 valence electrons. The Hall–Kier alpha value is -0.400. The van der Waals surface area contributed by atoms with Crippen LogP contribution in [-0.4, -0.2) is 16.5 Å². The Bertz CT molecular complexity index is 438. The normalized spacial score (nSPS) is 12.8. The largest absolute Gasteiger partial charge is 0.349 e. The predicted octanol–water partition coefficient (Wildman–Crippen LogP) is 3.36. The second-order valence-electron chi connectivity index (χ2n) is 3.93. The number of aromatic nitrogens is 2. The number of H-pyrrole nitrogens is 1. The molecule has 0 bridgehead atoms. The van der Waals surface area contributed by atoms with Gasteiger partial charge in [-0.25, -0.2) is 4.98 Å². The first-order valence-electron chi connectivity index (χ1n) is 5.75. The number of aromatic amines is 1. The molecule has 0 saturated carbocycles. The van der Waals surface area contributed by atoms with Gasteiger partial charge in [0.05, 0.1) is 2.88 Å². The molecule has 0 fully saturated rings. The molecule has 2 rings (SSSR count). The van der Waals surface area contributed by atoms with Gasteiger partial charge in [-0.05, 0) is 52.6 Å². The summed E-state index contributed by atoms with van der Waals surface area (Å²) < 4.78 is 1.33. The summed E-state index contributed by atoms with van der Waals surface area (Å²) in [7, 11) is 0. The van der Waals surface area contributed by atoms with E-state index in [0.29, 0.717) is 6.04 Å². The molecular formula is C12H16IN3S. The van der Waals surface area contributed by atoms with Gasteiger partial charge in [0.15, 0.2) is 0 Å². The molecule has 2 aromatic rings. The molecule has 1 unspecified atom stereocenters. The second kappa shape index (κ2) is 6.51. The van der Waals surface area contributed by atoms with E-state index in [2.05, 4.69) is 56.2 Å². The van der Waals surface area contributed by atoms with Crippen molar-refractivity contribution >= 4 is 33.9 Å². The highest BCUT2D eigenvalue weighted by molar-refractivity contribution is 14.1. The summed E-state index contributed by atoms with van der Waals surface area (Å²) in [6, 6.07) is 2.61. The van der Waals surface area contributed by atoms with Crippen LogP contribution < -0.4 is 5.32 Å². The summed E-state index contributed by atoms with van der Waals surface area (Å²) in [5, 5.41) is 5.81. The fraction of sp³-hybridized carbons (Fsp3) is 0.417. The van der Waals surface area contributed by atoms with Crippen molar-refractivity contribution in [1.29, 1.82) is 0 Å². The SMILES string of the molecule is CCCNC(Cc1ncc[nH]1)c1csc(I)c1. The van der Waals surface area contributed by atoms with Crippen LogP contribution in [0.1, 0.15) is 30.8 Å². The molecule has 0 aromatic carbocycles. The van der Waals surface area contributed by atoms with Gasteiger partial charge in [-0.3, -0.25) is 0 Å². The van der Waals surface area contributed by atoms with E-state index in [-0.39, 0.29) is 0 Å². The van der Waals surface area contributed by atoms with Crippen molar-refractivity contribution in [2.75, 3.05) is 6.54 Å². The van der Waals surface area contributed by atoms with Gasteiger partial charge in [0, 0.05) is 24.9 Å². The summed E-state index contributed by atoms with van der Waals surface area (Å²) in [6.45, 7) is 3.23. The topological polar surface area (TPSA) is 40.7 Å². The molecule has 3 nitrogen and oxygen atoms in total. The summed E-state index contributed by atoms with van der Waals surface area (Å²) in [6.07, 6.45) is 5.75. The van der Waals surface area contributed by atoms with Gasteiger partial charge >= 0.3 is 0 Å². The fourth-order valence-corrected chi connectivity index (χ4v) is 3.16. The lowest BCUT2D eigenvalue weighted by Crippen LogP contribution is -2.24. The van der Waals surface area contributed by atoms with Crippen LogP contribution in [-0.2, 0) is 6.42 Å². The lowest BCUT2D eigenvalue weighted by atomic mass is 10.1. The number of nitrogens with zero attached hydrogens (tertiary/aromatic N) is 1. The van der Waals surface area contributed by atoms with Gasteiger partial charge in [0.25, 0.3) is 0 Å². The monoisotopic (exact) mass is 361 g/mol. The van der Waals surface area contributed by atoms with Gasteiger partial charge in [0.1, 0.15) is 5.82 Å². The molecule has 0 saturated heterocycles. The Balaban J connectivity index is 2.07. The molecule has 0 aliphatic rings. The number of rotatable bonds is 6. The first-order valence-corrected chi connectivity index (χ1v) is 7.71. The number of thiophene rings is 1. The minimum atomic E-state index is 0.362. The van der Waals surface area contributed by atoms with E-state index in [4.69, 9.17) is 0 Å². The average Bonchev–Trinajstić information content (AvgIpc) is 2.95. The van der Waals surface area contributed by atoms with E-state index in [1.54, 1.807) is 11.3 Å². The Morgan fingerprint density at radius 3 is 3.06 bits per heavy atom. The fourth-order valence-electron chi connectivity index (χ4n) is 1.74. The lowest BCUT2D eigenvalue weighted by molar-refractivity contribution is 0.521. The van der Waals surface area contributed by atoms with Crippen molar-refractivity contribution < 1.29 is 0 Å². The third kappa shape index (κ3) is 3.79. The van der Waals surface area contributed by atoms with E-state index < -0.39 is 0 Å². The number of imidazole rings is 1. The second-order valence-corrected chi connectivity index (χ2v) is 6.74. The highest BCUT2D eigenvalue weighted by Gasteiger charge is 2.14. The zero-order valence-electron chi connectivity index (χ0n) is 9.74. The Kier molecular flexibility index (Phi) is 4.99. The van der Waals surface area contributed by atoms with Crippen molar-refractivity contribution in [1.82, 2.24) is 15.3 Å². The molecule has 0 radical (unpaired) electrons. The Morgan fingerprint density at radius 2 is 2.47 bits per heavy atom. The standard InChI is InChI=1S/C12H16IN3S/c1-2-3-14-10(7-12-15-4-5-16-12)9-6-11(13)17-8-9/h4-6,8,10,14H,2-3,7H2,1H3,(H,15,16). The average molecular weight is 361 g/mol. The number of halogens is 1. The first-order chi connectivity index (χ1) is 8.29. The van der Waals surface area contributed by atoms with Crippen LogP contribution in [0.25, 0.3) is 0 Å². The first kappa shape index (κ1) is 13.0. The van der Waals surface area contributed by atoms with Gasteiger partial charge in [0.2, 0.25) is 0 Å². The van der Waals surface area contributed by atoms with Crippen LogP contribution in [0.15, 0.2) is 23.8 Å². The lowest BCUT2D eigenvalue weighted by Gasteiger charge is -2.16. The maximum atomic E-state index is 4.30. The molecular weight excluding hydrogens is 345 g/mol. The molecule has 0 spiro atoms. The molecule has 0 amide bonds. The molecule has 17 heavy (non-hydrogen) atoms. The van der Waals surface area contributed by atoms with Crippen molar-refractivity contribution in [2.24, 2.45) is 0 Å².